The smallest absolute Gasteiger partial charge is 0.407 e. The largest absolute Gasteiger partial charge is 0.507 e. The van der Waals surface area contributed by atoms with Gasteiger partial charge in [-0.2, -0.15) is 0 Å². The number of carboxylic acid groups (broad SMARTS) is 1. The average Bonchev–Trinajstić information content (AvgIpc) is 3.08. The Hall–Kier alpha value is -2.57. The zero-order valence-electron chi connectivity index (χ0n) is 13.3. The van der Waals surface area contributed by atoms with Crippen LogP contribution in [-0.2, 0) is 0 Å². The predicted molar refractivity (Wildman–Crippen MR) is 88.2 cm³/mol. The summed E-state index contributed by atoms with van der Waals surface area (Å²) in [6, 6.07) is 2.99. The maximum Gasteiger partial charge on any atom is 0.407 e. The van der Waals surface area contributed by atoms with Crippen molar-refractivity contribution in [3.05, 3.63) is 39.4 Å². The van der Waals surface area contributed by atoms with Gasteiger partial charge in [0.25, 0.3) is 5.69 Å². The molecule has 3 rings (SSSR count). The Kier molecular flexibility index (Phi) is 4.42. The van der Waals surface area contributed by atoms with Gasteiger partial charge >= 0.3 is 6.09 Å². The van der Waals surface area contributed by atoms with E-state index in [1.807, 2.05) is 0 Å². The first-order valence-corrected chi connectivity index (χ1v) is 8.16. The fourth-order valence-electron chi connectivity index (χ4n) is 3.65. The molecule has 1 aliphatic carbocycles. The minimum Gasteiger partial charge on any atom is -0.507 e. The summed E-state index contributed by atoms with van der Waals surface area (Å²) in [5.41, 5.74) is 1.93. The third-order valence-corrected chi connectivity index (χ3v) is 4.96. The molecule has 1 fully saturated rings. The number of benzene rings is 1. The van der Waals surface area contributed by atoms with Gasteiger partial charge in [0.05, 0.1) is 16.6 Å². The molecule has 0 atom stereocenters. The minimum atomic E-state index is -0.989. The number of rotatable bonds is 3. The van der Waals surface area contributed by atoms with Crippen molar-refractivity contribution in [1.29, 1.82) is 0 Å². The summed E-state index contributed by atoms with van der Waals surface area (Å²) in [5, 5.41) is 30.6. The van der Waals surface area contributed by atoms with Crippen molar-refractivity contribution in [2.75, 3.05) is 13.1 Å². The highest BCUT2D eigenvalue weighted by molar-refractivity contribution is 5.77. The summed E-state index contributed by atoms with van der Waals surface area (Å²) < 4.78 is 0. The average molecular weight is 332 g/mol. The van der Waals surface area contributed by atoms with Gasteiger partial charge in [-0.15, -0.1) is 0 Å². The molecule has 0 unspecified atom stereocenters. The second-order valence-electron chi connectivity index (χ2n) is 6.37. The van der Waals surface area contributed by atoms with E-state index in [2.05, 4.69) is 0 Å². The van der Waals surface area contributed by atoms with E-state index in [-0.39, 0.29) is 23.9 Å². The number of hydrogen-bond acceptors (Lipinski definition) is 4. The molecule has 0 saturated heterocycles. The van der Waals surface area contributed by atoms with Crippen molar-refractivity contribution in [2.45, 2.75) is 38.0 Å². The van der Waals surface area contributed by atoms with Crippen LogP contribution in [0.3, 0.4) is 0 Å². The van der Waals surface area contributed by atoms with Crippen LogP contribution in [0.15, 0.2) is 18.2 Å². The van der Waals surface area contributed by atoms with Crippen LogP contribution in [-0.4, -0.2) is 39.2 Å². The molecule has 0 radical (unpaired) electrons. The van der Waals surface area contributed by atoms with Gasteiger partial charge in [0.2, 0.25) is 0 Å². The number of aromatic hydroxyl groups is 1. The SMILES string of the molecule is O=C(O)N1CC=C(c2cc(C3CCCC3)c(O)cc2[N+](=O)[O-])CC1. The number of phenols is 1. The normalized spacial score (nSPS) is 18.5. The van der Waals surface area contributed by atoms with E-state index in [1.165, 1.54) is 11.0 Å². The monoisotopic (exact) mass is 332 g/mol. The van der Waals surface area contributed by atoms with Crippen molar-refractivity contribution in [3.63, 3.8) is 0 Å². The molecule has 7 nitrogen and oxygen atoms in total. The summed E-state index contributed by atoms with van der Waals surface area (Å²) >= 11 is 0. The summed E-state index contributed by atoms with van der Waals surface area (Å²) in [7, 11) is 0. The van der Waals surface area contributed by atoms with Crippen LogP contribution >= 0.6 is 0 Å². The number of amides is 1. The highest BCUT2D eigenvalue weighted by atomic mass is 16.6. The Morgan fingerprint density at radius 3 is 2.54 bits per heavy atom. The molecular formula is C17H20N2O5. The van der Waals surface area contributed by atoms with Crippen molar-refractivity contribution in [2.24, 2.45) is 0 Å². The summed E-state index contributed by atoms with van der Waals surface area (Å²) in [5.74, 6) is 0.227. The zero-order chi connectivity index (χ0) is 17.3. The van der Waals surface area contributed by atoms with E-state index < -0.39 is 11.0 Å². The predicted octanol–water partition coefficient (Wildman–Crippen LogP) is 3.73. The summed E-state index contributed by atoms with van der Waals surface area (Å²) in [4.78, 5) is 23.2. The third-order valence-electron chi connectivity index (χ3n) is 4.96. The van der Waals surface area contributed by atoms with Crippen LogP contribution < -0.4 is 0 Å². The van der Waals surface area contributed by atoms with Gasteiger partial charge in [0, 0.05) is 13.1 Å². The Labute approximate surface area is 139 Å². The molecule has 2 N–H and O–H groups in total. The maximum atomic E-state index is 11.4. The molecule has 1 saturated carbocycles. The first-order valence-electron chi connectivity index (χ1n) is 8.16. The Morgan fingerprint density at radius 1 is 1.29 bits per heavy atom. The molecule has 0 spiro atoms. The topological polar surface area (TPSA) is 104 Å². The summed E-state index contributed by atoms with van der Waals surface area (Å²) in [6.45, 7) is 0.541. The van der Waals surface area contributed by atoms with E-state index in [4.69, 9.17) is 5.11 Å². The fraction of sp³-hybridized carbons (Fsp3) is 0.471. The molecule has 128 valence electrons. The van der Waals surface area contributed by atoms with E-state index in [1.54, 1.807) is 12.1 Å². The van der Waals surface area contributed by atoms with Gasteiger partial charge in [0.1, 0.15) is 5.75 Å². The van der Waals surface area contributed by atoms with E-state index in [0.717, 1.165) is 36.8 Å². The molecule has 1 aromatic carbocycles. The van der Waals surface area contributed by atoms with Crippen LogP contribution in [0.4, 0.5) is 10.5 Å². The minimum absolute atomic E-state index is 0.0130. The first-order chi connectivity index (χ1) is 11.5. The number of nitro benzene ring substituents is 1. The van der Waals surface area contributed by atoms with E-state index in [0.29, 0.717) is 18.5 Å². The molecule has 1 aliphatic heterocycles. The van der Waals surface area contributed by atoms with Crippen molar-refractivity contribution >= 4 is 17.4 Å². The number of nitrogens with zero attached hydrogens (tertiary/aromatic N) is 2. The van der Waals surface area contributed by atoms with Gasteiger partial charge in [0.15, 0.2) is 0 Å². The van der Waals surface area contributed by atoms with Gasteiger partial charge in [-0.1, -0.05) is 18.9 Å². The molecule has 1 amide bonds. The standard InChI is InChI=1S/C17H20N2O5/c20-16-10-15(19(23)24)13(9-14(16)11-3-1-2-4-11)12-5-7-18(8-6-12)17(21)22/h5,9-11,20H,1-4,6-8H2,(H,21,22). The Morgan fingerprint density at radius 2 is 2.00 bits per heavy atom. The second kappa shape index (κ2) is 6.51. The maximum absolute atomic E-state index is 11.4. The lowest BCUT2D eigenvalue weighted by molar-refractivity contribution is -0.385. The van der Waals surface area contributed by atoms with Crippen molar-refractivity contribution in [3.8, 4) is 5.75 Å². The number of hydrogen-bond donors (Lipinski definition) is 2. The van der Waals surface area contributed by atoms with Crippen LogP contribution in [0, 0.1) is 10.1 Å². The van der Waals surface area contributed by atoms with E-state index >= 15 is 0 Å². The number of phenolic OH excluding ortho intramolecular Hbond substituents is 1. The van der Waals surface area contributed by atoms with Crippen LogP contribution in [0.2, 0.25) is 0 Å². The lowest BCUT2D eigenvalue weighted by Gasteiger charge is -2.24. The fourth-order valence-corrected chi connectivity index (χ4v) is 3.65. The second-order valence-corrected chi connectivity index (χ2v) is 6.37. The van der Waals surface area contributed by atoms with Crippen molar-refractivity contribution in [1.82, 2.24) is 4.90 Å². The quantitative estimate of drug-likeness (QED) is 0.648. The lowest BCUT2D eigenvalue weighted by Crippen LogP contribution is -2.33. The highest BCUT2D eigenvalue weighted by Gasteiger charge is 2.27. The molecule has 7 heteroatoms. The molecule has 0 bridgehead atoms. The molecule has 2 aliphatic rings. The van der Waals surface area contributed by atoms with Crippen LogP contribution in [0.5, 0.6) is 5.75 Å². The zero-order valence-corrected chi connectivity index (χ0v) is 13.3. The number of nitro groups is 1. The van der Waals surface area contributed by atoms with Gasteiger partial charge in [-0.05, 0) is 42.4 Å². The number of carbonyl (C=O) groups is 1. The Balaban J connectivity index is 2.00. The molecule has 1 heterocycles. The van der Waals surface area contributed by atoms with Gasteiger partial charge < -0.3 is 15.1 Å². The van der Waals surface area contributed by atoms with Crippen LogP contribution in [0.1, 0.15) is 49.1 Å². The third kappa shape index (κ3) is 3.06. The van der Waals surface area contributed by atoms with E-state index in [9.17, 15) is 20.0 Å². The summed E-state index contributed by atoms with van der Waals surface area (Å²) in [6.07, 6.45) is 5.35. The molecule has 1 aromatic rings. The molecule has 0 aromatic heterocycles. The first kappa shape index (κ1) is 16.3. The van der Waals surface area contributed by atoms with Crippen LogP contribution in [0.25, 0.3) is 5.57 Å². The Bertz CT molecular complexity index is 707. The van der Waals surface area contributed by atoms with Gasteiger partial charge in [-0.25, -0.2) is 4.79 Å². The van der Waals surface area contributed by atoms with Gasteiger partial charge in [-0.3, -0.25) is 10.1 Å². The molecule has 24 heavy (non-hydrogen) atoms. The van der Waals surface area contributed by atoms with Crippen molar-refractivity contribution < 1.29 is 19.9 Å². The lowest BCUT2D eigenvalue weighted by atomic mass is 9.90. The highest BCUT2D eigenvalue weighted by Crippen LogP contribution is 2.43. The molecular weight excluding hydrogens is 312 g/mol.